The molecule has 0 bridgehead atoms. The van der Waals surface area contributed by atoms with Crippen LogP contribution in [0.25, 0.3) is 0 Å². The summed E-state index contributed by atoms with van der Waals surface area (Å²) in [4.78, 5) is 13.5. The average molecular weight is 212 g/mol. The van der Waals surface area contributed by atoms with Crippen molar-refractivity contribution in [1.82, 2.24) is 4.90 Å². The molecule has 1 saturated heterocycles. The van der Waals surface area contributed by atoms with E-state index in [1.54, 1.807) is 4.90 Å². The highest BCUT2D eigenvalue weighted by Crippen LogP contribution is 2.44. The number of piperidine rings is 1. The maximum absolute atomic E-state index is 11.8. The first-order valence-electron chi connectivity index (χ1n) is 5.60. The van der Waals surface area contributed by atoms with E-state index in [1.807, 2.05) is 20.8 Å². The lowest BCUT2D eigenvalue weighted by Gasteiger charge is -2.32. The van der Waals surface area contributed by atoms with Crippen LogP contribution in [0.2, 0.25) is 0 Å². The summed E-state index contributed by atoms with van der Waals surface area (Å²) in [5, 5.41) is 0. The molecule has 1 heterocycles. The van der Waals surface area contributed by atoms with E-state index < -0.39 is 5.60 Å². The second-order valence-corrected chi connectivity index (χ2v) is 5.71. The van der Waals surface area contributed by atoms with E-state index in [0.29, 0.717) is 18.4 Å². The van der Waals surface area contributed by atoms with Gasteiger partial charge in [-0.05, 0) is 39.0 Å². The molecule has 0 unspecified atom stereocenters. The second kappa shape index (κ2) is 3.37. The normalized spacial score (nSPS) is 34.7. The fourth-order valence-corrected chi connectivity index (χ4v) is 2.23. The van der Waals surface area contributed by atoms with Crippen LogP contribution in [0.4, 0.5) is 4.79 Å². The summed E-state index contributed by atoms with van der Waals surface area (Å²) in [7, 11) is 0. The summed E-state index contributed by atoms with van der Waals surface area (Å²) >= 11 is 0. The van der Waals surface area contributed by atoms with E-state index in [4.69, 9.17) is 10.5 Å². The Bertz CT molecular complexity index is 272. The zero-order valence-electron chi connectivity index (χ0n) is 9.69. The van der Waals surface area contributed by atoms with Gasteiger partial charge in [0.05, 0.1) is 0 Å². The predicted molar refractivity (Wildman–Crippen MR) is 57.4 cm³/mol. The lowest BCUT2D eigenvalue weighted by molar-refractivity contribution is 0.0191. The van der Waals surface area contributed by atoms with E-state index in [0.717, 1.165) is 6.54 Å². The molecule has 2 N–H and O–H groups in total. The maximum atomic E-state index is 11.8. The lowest BCUT2D eigenvalue weighted by atomic mass is 10.1. The monoisotopic (exact) mass is 212 g/mol. The van der Waals surface area contributed by atoms with E-state index in [1.165, 1.54) is 6.42 Å². The molecule has 1 amide bonds. The molecule has 15 heavy (non-hydrogen) atoms. The molecule has 86 valence electrons. The molecule has 1 aliphatic carbocycles. The predicted octanol–water partition coefficient (Wildman–Crippen LogP) is 1.20. The molecular formula is C11H20N2O2. The number of nitrogens with zero attached hydrogens (tertiary/aromatic N) is 1. The lowest BCUT2D eigenvalue weighted by Crippen LogP contribution is -2.48. The molecule has 0 radical (unpaired) electrons. The van der Waals surface area contributed by atoms with Crippen molar-refractivity contribution in [2.24, 2.45) is 17.6 Å². The molecule has 2 rings (SSSR count). The van der Waals surface area contributed by atoms with Crippen LogP contribution in [0.1, 0.15) is 27.2 Å². The number of ether oxygens (including phenoxy) is 1. The first kappa shape index (κ1) is 10.7. The van der Waals surface area contributed by atoms with Gasteiger partial charge in [-0.25, -0.2) is 4.79 Å². The standard InChI is InChI=1S/C11H20N2O2/c1-11(2,3)15-10(14)13-5-7-4-8(7)9(12)6-13/h7-9H,4-6,12H2,1-3H3/t7-,8+,9+/m1/s1. The van der Waals surface area contributed by atoms with Crippen molar-refractivity contribution in [3.63, 3.8) is 0 Å². The number of fused-ring (bicyclic) bond motifs is 1. The molecule has 1 saturated carbocycles. The minimum Gasteiger partial charge on any atom is -0.444 e. The van der Waals surface area contributed by atoms with Crippen LogP contribution in [0.3, 0.4) is 0 Å². The molecule has 2 fully saturated rings. The molecule has 0 aromatic rings. The number of carbonyl (C=O) groups is 1. The van der Waals surface area contributed by atoms with Gasteiger partial charge in [0.15, 0.2) is 0 Å². The van der Waals surface area contributed by atoms with Crippen LogP contribution < -0.4 is 5.73 Å². The van der Waals surface area contributed by atoms with Crippen LogP contribution in [0.5, 0.6) is 0 Å². The third-order valence-electron chi connectivity index (χ3n) is 3.07. The molecule has 0 aromatic heterocycles. The highest BCUT2D eigenvalue weighted by Gasteiger charge is 2.48. The average Bonchev–Trinajstić information content (AvgIpc) is 2.79. The Hall–Kier alpha value is -0.770. The SMILES string of the molecule is CC(C)(C)OC(=O)N1C[C@H]2C[C@@H]2[C@@H](N)C1. The maximum Gasteiger partial charge on any atom is 0.410 e. The molecule has 4 nitrogen and oxygen atoms in total. The Labute approximate surface area is 90.8 Å². The van der Waals surface area contributed by atoms with Crippen molar-refractivity contribution in [2.45, 2.75) is 38.8 Å². The van der Waals surface area contributed by atoms with Gasteiger partial charge in [-0.3, -0.25) is 0 Å². The zero-order chi connectivity index (χ0) is 11.2. The molecule has 3 atom stereocenters. The Morgan fingerprint density at radius 3 is 2.60 bits per heavy atom. The summed E-state index contributed by atoms with van der Waals surface area (Å²) < 4.78 is 5.32. The number of nitrogens with two attached hydrogens (primary N) is 1. The van der Waals surface area contributed by atoms with Crippen LogP contribution in [0, 0.1) is 11.8 Å². The number of hydrogen-bond donors (Lipinski definition) is 1. The fourth-order valence-electron chi connectivity index (χ4n) is 2.23. The van der Waals surface area contributed by atoms with E-state index in [2.05, 4.69) is 0 Å². The minimum atomic E-state index is -0.415. The Morgan fingerprint density at radius 2 is 2.07 bits per heavy atom. The van der Waals surface area contributed by atoms with Gasteiger partial charge >= 0.3 is 6.09 Å². The number of rotatable bonds is 0. The van der Waals surface area contributed by atoms with Gasteiger partial charge in [0, 0.05) is 19.1 Å². The Morgan fingerprint density at radius 1 is 1.40 bits per heavy atom. The topological polar surface area (TPSA) is 55.6 Å². The van der Waals surface area contributed by atoms with Crippen molar-refractivity contribution in [1.29, 1.82) is 0 Å². The fraction of sp³-hybridized carbons (Fsp3) is 0.909. The van der Waals surface area contributed by atoms with Crippen molar-refractivity contribution in [2.75, 3.05) is 13.1 Å². The Kier molecular flexibility index (Phi) is 2.41. The first-order chi connectivity index (χ1) is 6.87. The van der Waals surface area contributed by atoms with E-state index in [-0.39, 0.29) is 12.1 Å². The molecule has 2 aliphatic rings. The third-order valence-corrected chi connectivity index (χ3v) is 3.07. The van der Waals surface area contributed by atoms with Gasteiger partial charge < -0.3 is 15.4 Å². The van der Waals surface area contributed by atoms with E-state index in [9.17, 15) is 4.79 Å². The third kappa shape index (κ3) is 2.43. The Balaban J connectivity index is 1.90. The second-order valence-electron chi connectivity index (χ2n) is 5.71. The summed E-state index contributed by atoms with van der Waals surface area (Å²) in [6.45, 7) is 7.13. The van der Waals surface area contributed by atoms with Gasteiger partial charge in [-0.15, -0.1) is 0 Å². The van der Waals surface area contributed by atoms with Crippen molar-refractivity contribution < 1.29 is 9.53 Å². The highest BCUT2D eigenvalue weighted by atomic mass is 16.6. The summed E-state index contributed by atoms with van der Waals surface area (Å²) in [5.74, 6) is 1.28. The van der Waals surface area contributed by atoms with Gasteiger partial charge in [-0.1, -0.05) is 0 Å². The molecule has 0 spiro atoms. The van der Waals surface area contributed by atoms with Gasteiger partial charge in [0.1, 0.15) is 5.60 Å². The molecular weight excluding hydrogens is 192 g/mol. The van der Waals surface area contributed by atoms with Crippen molar-refractivity contribution in [3.8, 4) is 0 Å². The largest absolute Gasteiger partial charge is 0.444 e. The van der Waals surface area contributed by atoms with Gasteiger partial charge in [0.2, 0.25) is 0 Å². The van der Waals surface area contributed by atoms with Crippen molar-refractivity contribution in [3.05, 3.63) is 0 Å². The molecule has 1 aliphatic heterocycles. The van der Waals surface area contributed by atoms with E-state index >= 15 is 0 Å². The number of likely N-dealkylation sites (tertiary alicyclic amines) is 1. The number of amides is 1. The summed E-state index contributed by atoms with van der Waals surface area (Å²) in [6, 6.07) is 0.149. The number of hydrogen-bond acceptors (Lipinski definition) is 3. The highest BCUT2D eigenvalue weighted by molar-refractivity contribution is 5.68. The smallest absolute Gasteiger partial charge is 0.410 e. The van der Waals surface area contributed by atoms with Gasteiger partial charge in [-0.2, -0.15) is 0 Å². The van der Waals surface area contributed by atoms with Crippen LogP contribution in [-0.4, -0.2) is 35.7 Å². The van der Waals surface area contributed by atoms with Crippen LogP contribution in [0.15, 0.2) is 0 Å². The first-order valence-corrected chi connectivity index (χ1v) is 5.60. The van der Waals surface area contributed by atoms with Crippen LogP contribution in [-0.2, 0) is 4.74 Å². The number of carbonyl (C=O) groups excluding carboxylic acids is 1. The zero-order valence-corrected chi connectivity index (χ0v) is 9.69. The molecule has 0 aromatic carbocycles. The summed E-state index contributed by atoms with van der Waals surface area (Å²) in [6.07, 6.45) is 0.962. The minimum absolute atomic E-state index is 0.149. The van der Waals surface area contributed by atoms with Crippen LogP contribution >= 0.6 is 0 Å². The quantitative estimate of drug-likeness (QED) is 0.656. The van der Waals surface area contributed by atoms with Gasteiger partial charge in [0.25, 0.3) is 0 Å². The molecule has 4 heteroatoms. The van der Waals surface area contributed by atoms with Crippen molar-refractivity contribution >= 4 is 6.09 Å². The summed E-state index contributed by atoms with van der Waals surface area (Å²) in [5.41, 5.74) is 5.55.